The van der Waals surface area contributed by atoms with Crippen molar-refractivity contribution >= 4 is 23.2 Å². The fourth-order valence-electron chi connectivity index (χ4n) is 5.86. The number of thiophene rings is 1. The molecule has 5 N–H and O–H groups in total. The minimum atomic E-state index is -2.07. The Hall–Kier alpha value is -4.94. The topological polar surface area (TPSA) is 154 Å². The van der Waals surface area contributed by atoms with Gasteiger partial charge in [-0.25, -0.2) is 9.97 Å². The molecule has 5 aromatic rings. The van der Waals surface area contributed by atoms with Crippen molar-refractivity contribution in [3.8, 4) is 28.3 Å². The van der Waals surface area contributed by atoms with E-state index in [0.717, 1.165) is 45.7 Å². The number of aryl methyl sites for hydroxylation is 1. The Morgan fingerprint density at radius 2 is 1.43 bits per heavy atom. The minimum absolute atomic E-state index is 0.0951. The number of ether oxygens (including phenoxy) is 1. The van der Waals surface area contributed by atoms with Crippen LogP contribution in [0.1, 0.15) is 77.7 Å². The van der Waals surface area contributed by atoms with Gasteiger partial charge in [-0.3, -0.25) is 9.59 Å². The molecule has 278 valence electrons. The lowest BCUT2D eigenvalue weighted by atomic mass is 9.99. The van der Waals surface area contributed by atoms with E-state index in [0.29, 0.717) is 22.9 Å². The van der Waals surface area contributed by atoms with Crippen LogP contribution in [-0.2, 0) is 17.6 Å². The molecule has 0 spiro atoms. The second kappa shape index (κ2) is 19.8. The number of hydrogen-bond acceptors (Lipinski definition) is 9. The highest BCUT2D eigenvalue weighted by Gasteiger charge is 2.32. The second-order valence-electron chi connectivity index (χ2n) is 12.9. The van der Waals surface area contributed by atoms with Crippen LogP contribution in [-0.4, -0.2) is 62.1 Å². The molecule has 0 saturated heterocycles. The van der Waals surface area contributed by atoms with E-state index in [1.807, 2.05) is 61.5 Å². The highest BCUT2D eigenvalue weighted by Crippen LogP contribution is 2.25. The zero-order chi connectivity index (χ0) is 37.6. The van der Waals surface area contributed by atoms with Crippen molar-refractivity contribution in [2.24, 2.45) is 0 Å². The van der Waals surface area contributed by atoms with Crippen molar-refractivity contribution < 1.29 is 29.6 Å². The Balaban J connectivity index is 1.25. The van der Waals surface area contributed by atoms with Crippen molar-refractivity contribution in [1.82, 2.24) is 20.6 Å². The van der Waals surface area contributed by atoms with Gasteiger partial charge in [0.2, 0.25) is 5.91 Å². The fraction of sp³-hybridized carbons (Fsp3) is 0.333. The van der Waals surface area contributed by atoms with Crippen LogP contribution >= 0.6 is 11.3 Å². The van der Waals surface area contributed by atoms with Crippen LogP contribution in [0, 0.1) is 0 Å². The fourth-order valence-corrected chi connectivity index (χ4v) is 6.71. The Labute approximate surface area is 314 Å². The summed E-state index contributed by atoms with van der Waals surface area (Å²) in [4.78, 5) is 37.6. The number of aromatic nitrogens is 2. The first-order valence-electron chi connectivity index (χ1n) is 18.2. The molecule has 11 heteroatoms. The number of unbranched alkanes of at least 4 members (excludes halogenated alkanes) is 4. The number of nitrogens with one attached hydrogen (secondary N) is 2. The smallest absolute Gasteiger partial charge is 0.262 e. The molecule has 53 heavy (non-hydrogen) atoms. The normalized spacial score (nSPS) is 12.9. The number of rotatable bonds is 19. The second-order valence-corrected chi connectivity index (χ2v) is 14.1. The van der Waals surface area contributed by atoms with Gasteiger partial charge in [0, 0.05) is 34.8 Å². The highest BCUT2D eigenvalue weighted by atomic mass is 32.1. The Morgan fingerprint density at radius 1 is 0.755 bits per heavy atom. The molecule has 3 aromatic carbocycles. The standard InChI is InChI=1S/C42H48N4O6S/c1-3-5-6-7-11-24-52-33-20-18-29(19-21-33)32-26-43-39(44-27-32)31-16-14-28(15-17-31)25-35(45-41(49)36-23-22-34(4-2)53-36)40(48)46-37(42(50)51)38(47)30-12-9-8-10-13-30/h8-10,12-23,26-27,35,37-38,42,47,50-51H,3-7,11,24-25H2,1-2H3,(H,45,49)(H,46,48)/t35-,37?,38?/m0/s1. The molecule has 3 atom stereocenters. The maximum absolute atomic E-state index is 13.7. The third-order valence-corrected chi connectivity index (χ3v) is 10.2. The number of benzene rings is 3. The lowest BCUT2D eigenvalue weighted by Crippen LogP contribution is -2.55. The van der Waals surface area contributed by atoms with E-state index in [1.54, 1.807) is 48.8 Å². The first kappa shape index (κ1) is 39.3. The summed E-state index contributed by atoms with van der Waals surface area (Å²) in [7, 11) is 0. The number of carbonyl (C=O) groups is 2. The van der Waals surface area contributed by atoms with Crippen LogP contribution in [0.2, 0.25) is 0 Å². The molecule has 2 heterocycles. The van der Waals surface area contributed by atoms with Crippen molar-refractivity contribution in [2.75, 3.05) is 6.61 Å². The summed E-state index contributed by atoms with van der Waals surface area (Å²) in [5, 5.41) is 36.5. The van der Waals surface area contributed by atoms with Gasteiger partial charge in [0.25, 0.3) is 5.91 Å². The summed E-state index contributed by atoms with van der Waals surface area (Å²) in [6.07, 6.45) is 6.92. The molecule has 0 bridgehead atoms. The number of aliphatic hydroxyl groups is 3. The third kappa shape index (κ3) is 11.3. The molecule has 0 aliphatic carbocycles. The Bertz CT molecular complexity index is 1860. The van der Waals surface area contributed by atoms with Crippen LogP contribution in [0.15, 0.2) is 103 Å². The van der Waals surface area contributed by atoms with Gasteiger partial charge >= 0.3 is 0 Å². The molecule has 10 nitrogen and oxygen atoms in total. The van der Waals surface area contributed by atoms with Crippen molar-refractivity contribution in [3.05, 3.63) is 124 Å². The Morgan fingerprint density at radius 3 is 2.08 bits per heavy atom. The van der Waals surface area contributed by atoms with Gasteiger partial charge in [0.1, 0.15) is 23.9 Å². The van der Waals surface area contributed by atoms with E-state index in [2.05, 4.69) is 27.5 Å². The third-order valence-electron chi connectivity index (χ3n) is 8.98. The molecule has 2 aromatic heterocycles. The van der Waals surface area contributed by atoms with Crippen LogP contribution < -0.4 is 15.4 Å². The van der Waals surface area contributed by atoms with E-state index in [4.69, 9.17) is 4.74 Å². The molecule has 0 fully saturated rings. The van der Waals surface area contributed by atoms with Crippen LogP contribution in [0.4, 0.5) is 0 Å². The largest absolute Gasteiger partial charge is 0.494 e. The average Bonchev–Trinajstić information content (AvgIpc) is 3.68. The summed E-state index contributed by atoms with van der Waals surface area (Å²) >= 11 is 1.34. The van der Waals surface area contributed by atoms with Crippen molar-refractivity contribution in [1.29, 1.82) is 0 Å². The van der Waals surface area contributed by atoms with E-state index >= 15 is 0 Å². The number of aliphatic hydroxyl groups excluding tert-OH is 2. The maximum atomic E-state index is 13.7. The summed E-state index contributed by atoms with van der Waals surface area (Å²) in [6, 6.07) is 24.7. The first-order valence-corrected chi connectivity index (χ1v) is 19.0. The summed E-state index contributed by atoms with van der Waals surface area (Å²) in [5.74, 6) is 0.271. The van der Waals surface area contributed by atoms with Gasteiger partial charge in [-0.2, -0.15) is 0 Å². The summed E-state index contributed by atoms with van der Waals surface area (Å²) < 4.78 is 5.89. The van der Waals surface area contributed by atoms with Crippen molar-refractivity contribution in [2.45, 2.75) is 83.3 Å². The van der Waals surface area contributed by atoms with Gasteiger partial charge in [-0.1, -0.05) is 106 Å². The van der Waals surface area contributed by atoms with E-state index in [-0.39, 0.29) is 6.42 Å². The predicted molar refractivity (Wildman–Crippen MR) is 207 cm³/mol. The molecule has 0 aliphatic rings. The maximum Gasteiger partial charge on any atom is 0.262 e. The molecule has 0 aliphatic heterocycles. The molecule has 2 amide bonds. The van der Waals surface area contributed by atoms with Gasteiger partial charge in [-0.05, 0) is 53.8 Å². The van der Waals surface area contributed by atoms with Crippen molar-refractivity contribution in [3.63, 3.8) is 0 Å². The molecule has 0 radical (unpaired) electrons. The van der Waals surface area contributed by atoms with Crippen LogP contribution in [0.25, 0.3) is 22.5 Å². The lowest BCUT2D eigenvalue weighted by molar-refractivity contribution is -0.134. The van der Waals surface area contributed by atoms with Crippen LogP contribution in [0.3, 0.4) is 0 Å². The molecule has 5 rings (SSSR count). The zero-order valence-corrected chi connectivity index (χ0v) is 31.0. The van der Waals surface area contributed by atoms with Crippen LogP contribution in [0.5, 0.6) is 5.75 Å². The SMILES string of the molecule is CCCCCCCOc1ccc(-c2cnc(-c3ccc(C[C@H](NC(=O)c4ccc(CC)s4)C(=O)NC(C(O)O)C(O)c4ccccc4)cc3)nc2)cc1. The zero-order valence-electron chi connectivity index (χ0n) is 30.2. The van der Waals surface area contributed by atoms with E-state index in [1.165, 1.54) is 37.0 Å². The van der Waals surface area contributed by atoms with Gasteiger partial charge < -0.3 is 30.7 Å². The van der Waals surface area contributed by atoms with E-state index < -0.39 is 36.3 Å². The highest BCUT2D eigenvalue weighted by molar-refractivity contribution is 7.14. The lowest BCUT2D eigenvalue weighted by Gasteiger charge is -2.28. The summed E-state index contributed by atoms with van der Waals surface area (Å²) in [5.41, 5.74) is 3.76. The predicted octanol–water partition coefficient (Wildman–Crippen LogP) is 6.65. The number of carbonyl (C=O) groups excluding carboxylic acids is 2. The minimum Gasteiger partial charge on any atom is -0.494 e. The monoisotopic (exact) mass is 736 g/mol. The van der Waals surface area contributed by atoms with Gasteiger partial charge in [0.15, 0.2) is 12.1 Å². The Kier molecular flexibility index (Phi) is 14.7. The quantitative estimate of drug-likeness (QED) is 0.0467. The number of nitrogens with zero attached hydrogens (tertiary/aromatic N) is 2. The number of hydrogen-bond donors (Lipinski definition) is 5. The van der Waals surface area contributed by atoms with E-state index in [9.17, 15) is 24.9 Å². The average molecular weight is 737 g/mol. The summed E-state index contributed by atoms with van der Waals surface area (Å²) in [6.45, 7) is 4.92. The molecular formula is C42H48N4O6S. The molecular weight excluding hydrogens is 689 g/mol. The first-order chi connectivity index (χ1) is 25.7. The van der Waals surface area contributed by atoms with Gasteiger partial charge in [-0.15, -0.1) is 11.3 Å². The molecule has 2 unspecified atom stereocenters. The van der Waals surface area contributed by atoms with Gasteiger partial charge in [0.05, 0.1) is 11.5 Å². The molecule has 0 saturated carbocycles. The number of amides is 2.